The smallest absolute Gasteiger partial charge is 0.221 e. The van der Waals surface area contributed by atoms with Crippen molar-refractivity contribution in [1.82, 2.24) is 9.88 Å². The van der Waals surface area contributed by atoms with Crippen LogP contribution >= 0.6 is 0 Å². The highest BCUT2D eigenvalue weighted by atomic mass is 16.1. The van der Waals surface area contributed by atoms with Gasteiger partial charge < -0.3 is 9.88 Å². The van der Waals surface area contributed by atoms with Crippen molar-refractivity contribution in [2.45, 2.75) is 46.7 Å². The Morgan fingerprint density at radius 2 is 2.18 bits per heavy atom. The summed E-state index contributed by atoms with van der Waals surface area (Å²) >= 11 is 0. The van der Waals surface area contributed by atoms with E-state index < -0.39 is 0 Å². The van der Waals surface area contributed by atoms with Gasteiger partial charge in [-0.2, -0.15) is 5.26 Å². The van der Waals surface area contributed by atoms with Gasteiger partial charge in [0.2, 0.25) is 5.91 Å². The molecular formula is C13H19N3O. The number of carbonyl (C=O) groups excluding carboxylic acids is 1. The molecule has 0 fully saturated rings. The first-order valence-electron chi connectivity index (χ1n) is 5.82. The van der Waals surface area contributed by atoms with Gasteiger partial charge in [-0.1, -0.05) is 0 Å². The van der Waals surface area contributed by atoms with E-state index in [2.05, 4.69) is 11.4 Å². The maximum Gasteiger partial charge on any atom is 0.221 e. The zero-order valence-corrected chi connectivity index (χ0v) is 10.9. The van der Waals surface area contributed by atoms with Crippen LogP contribution in [-0.2, 0) is 11.3 Å². The van der Waals surface area contributed by atoms with Crippen molar-refractivity contribution in [2.75, 3.05) is 0 Å². The van der Waals surface area contributed by atoms with E-state index in [1.165, 1.54) is 0 Å². The van der Waals surface area contributed by atoms with Gasteiger partial charge in [0.25, 0.3) is 0 Å². The summed E-state index contributed by atoms with van der Waals surface area (Å²) in [5.74, 6) is 0.0228. The lowest BCUT2D eigenvalue weighted by Crippen LogP contribution is -2.30. The lowest BCUT2D eigenvalue weighted by Gasteiger charge is -2.10. The van der Waals surface area contributed by atoms with Crippen LogP contribution in [0.1, 0.15) is 37.2 Å². The number of nitriles is 1. The van der Waals surface area contributed by atoms with Gasteiger partial charge in [0.1, 0.15) is 11.8 Å². The number of hydrogen-bond donors (Lipinski definition) is 1. The minimum absolute atomic E-state index is 0.0228. The minimum Gasteiger partial charge on any atom is -0.354 e. The summed E-state index contributed by atoms with van der Waals surface area (Å²) in [6.45, 7) is 8.29. The van der Waals surface area contributed by atoms with Crippen LogP contribution < -0.4 is 5.32 Å². The highest BCUT2D eigenvalue weighted by Crippen LogP contribution is 2.14. The van der Waals surface area contributed by atoms with E-state index in [1.54, 1.807) is 0 Å². The third kappa shape index (κ3) is 3.35. The molecule has 1 aromatic rings. The average Bonchev–Trinajstić information content (AvgIpc) is 2.48. The Morgan fingerprint density at radius 1 is 1.53 bits per heavy atom. The monoisotopic (exact) mass is 233 g/mol. The van der Waals surface area contributed by atoms with Gasteiger partial charge in [0.05, 0.1) is 0 Å². The molecule has 1 heterocycles. The maximum atomic E-state index is 11.5. The fourth-order valence-electron chi connectivity index (χ4n) is 1.89. The van der Waals surface area contributed by atoms with Gasteiger partial charge in [-0.05, 0) is 39.3 Å². The third-order valence-electron chi connectivity index (χ3n) is 2.61. The van der Waals surface area contributed by atoms with Crippen LogP contribution in [-0.4, -0.2) is 16.5 Å². The van der Waals surface area contributed by atoms with Crippen LogP contribution in [0.4, 0.5) is 0 Å². The molecule has 0 aromatic carbocycles. The van der Waals surface area contributed by atoms with Crippen LogP contribution in [0.25, 0.3) is 0 Å². The van der Waals surface area contributed by atoms with E-state index in [0.717, 1.165) is 11.3 Å². The van der Waals surface area contributed by atoms with Crippen LogP contribution in [0.15, 0.2) is 6.07 Å². The molecule has 1 N–H and O–H groups in total. The number of aryl methyl sites for hydroxylation is 2. The first-order valence-corrected chi connectivity index (χ1v) is 5.82. The molecule has 4 heteroatoms. The molecule has 17 heavy (non-hydrogen) atoms. The van der Waals surface area contributed by atoms with Crippen molar-refractivity contribution < 1.29 is 4.79 Å². The van der Waals surface area contributed by atoms with Crippen molar-refractivity contribution in [3.05, 3.63) is 23.0 Å². The van der Waals surface area contributed by atoms with Crippen LogP contribution in [0.2, 0.25) is 0 Å². The fourth-order valence-corrected chi connectivity index (χ4v) is 1.89. The van der Waals surface area contributed by atoms with E-state index >= 15 is 0 Å². The molecule has 0 saturated carbocycles. The van der Waals surface area contributed by atoms with Crippen molar-refractivity contribution in [1.29, 1.82) is 5.26 Å². The zero-order valence-electron chi connectivity index (χ0n) is 10.9. The molecule has 4 nitrogen and oxygen atoms in total. The normalized spacial score (nSPS) is 10.4. The molecule has 0 atom stereocenters. The molecule has 0 radical (unpaired) electrons. The Labute approximate surface area is 102 Å². The molecule has 0 spiro atoms. The summed E-state index contributed by atoms with van der Waals surface area (Å²) in [5.41, 5.74) is 2.64. The minimum atomic E-state index is 0.0228. The number of carbonyl (C=O) groups is 1. The van der Waals surface area contributed by atoms with E-state index in [9.17, 15) is 4.79 Å². The van der Waals surface area contributed by atoms with Gasteiger partial charge >= 0.3 is 0 Å². The van der Waals surface area contributed by atoms with Gasteiger partial charge in [-0.15, -0.1) is 0 Å². The highest BCUT2D eigenvalue weighted by Gasteiger charge is 2.11. The van der Waals surface area contributed by atoms with Crippen molar-refractivity contribution in [3.8, 4) is 6.07 Å². The van der Waals surface area contributed by atoms with E-state index in [0.29, 0.717) is 18.7 Å². The predicted molar refractivity (Wildman–Crippen MR) is 66.5 cm³/mol. The highest BCUT2D eigenvalue weighted by molar-refractivity contribution is 5.76. The number of hydrogen-bond acceptors (Lipinski definition) is 2. The molecule has 0 aliphatic heterocycles. The molecule has 92 valence electrons. The Morgan fingerprint density at radius 3 is 2.71 bits per heavy atom. The van der Waals surface area contributed by atoms with Crippen molar-refractivity contribution in [3.63, 3.8) is 0 Å². The zero-order chi connectivity index (χ0) is 13.0. The summed E-state index contributed by atoms with van der Waals surface area (Å²) < 4.78 is 1.90. The number of rotatable bonds is 4. The molecule has 0 aliphatic carbocycles. The summed E-state index contributed by atoms with van der Waals surface area (Å²) in [6.07, 6.45) is 0.405. The SMILES string of the molecule is Cc1cc(C)n(CCC(=O)NC(C)C)c1C#N. The fraction of sp³-hybridized carbons (Fsp3) is 0.538. The molecule has 0 aliphatic rings. The second-order valence-corrected chi connectivity index (χ2v) is 4.55. The topological polar surface area (TPSA) is 57.8 Å². The first kappa shape index (κ1) is 13.3. The lowest BCUT2D eigenvalue weighted by atomic mass is 10.3. The molecule has 1 aromatic heterocycles. The molecule has 0 bridgehead atoms. The second kappa shape index (κ2) is 5.53. The van der Waals surface area contributed by atoms with Crippen molar-refractivity contribution >= 4 is 5.91 Å². The molecule has 0 saturated heterocycles. The first-order chi connectivity index (χ1) is 7.95. The van der Waals surface area contributed by atoms with Crippen LogP contribution in [0, 0.1) is 25.2 Å². The Bertz CT molecular complexity index is 452. The quantitative estimate of drug-likeness (QED) is 0.863. The van der Waals surface area contributed by atoms with Gasteiger partial charge in [0.15, 0.2) is 0 Å². The maximum absolute atomic E-state index is 11.5. The number of aromatic nitrogens is 1. The van der Waals surface area contributed by atoms with E-state index in [-0.39, 0.29) is 11.9 Å². The second-order valence-electron chi connectivity index (χ2n) is 4.55. The summed E-state index contributed by atoms with van der Waals surface area (Å²) in [6, 6.07) is 4.31. The number of nitrogens with zero attached hydrogens (tertiary/aromatic N) is 2. The largest absolute Gasteiger partial charge is 0.354 e. The van der Waals surface area contributed by atoms with Crippen LogP contribution in [0.3, 0.4) is 0 Å². The van der Waals surface area contributed by atoms with Gasteiger partial charge in [-0.3, -0.25) is 4.79 Å². The molecule has 1 amide bonds. The summed E-state index contributed by atoms with van der Waals surface area (Å²) in [5, 5.41) is 11.9. The van der Waals surface area contributed by atoms with Gasteiger partial charge in [-0.25, -0.2) is 0 Å². The molecule has 1 rings (SSSR count). The van der Waals surface area contributed by atoms with Crippen LogP contribution in [0.5, 0.6) is 0 Å². The lowest BCUT2D eigenvalue weighted by molar-refractivity contribution is -0.121. The van der Waals surface area contributed by atoms with E-state index in [4.69, 9.17) is 5.26 Å². The molecular weight excluding hydrogens is 214 g/mol. The van der Waals surface area contributed by atoms with E-state index in [1.807, 2.05) is 38.3 Å². The summed E-state index contributed by atoms with van der Waals surface area (Å²) in [7, 11) is 0. The molecule has 0 unspecified atom stereocenters. The summed E-state index contributed by atoms with van der Waals surface area (Å²) in [4.78, 5) is 11.5. The average molecular weight is 233 g/mol. The van der Waals surface area contributed by atoms with Crippen molar-refractivity contribution in [2.24, 2.45) is 0 Å². The predicted octanol–water partition coefficient (Wildman–Crippen LogP) is 1.89. The Balaban J connectivity index is 2.70. The van der Waals surface area contributed by atoms with Gasteiger partial charge in [0, 0.05) is 24.7 Å². The standard InChI is InChI=1S/C13H19N3O/c1-9(2)15-13(17)5-6-16-11(4)7-10(3)12(16)8-14/h7,9H,5-6H2,1-4H3,(H,15,17). The number of nitrogens with one attached hydrogen (secondary N) is 1. The number of amides is 1. The Hall–Kier alpha value is -1.76. The Kier molecular flexibility index (Phi) is 4.33. The third-order valence-corrected chi connectivity index (χ3v) is 2.61.